The van der Waals surface area contributed by atoms with Gasteiger partial charge in [0.1, 0.15) is 5.00 Å². The van der Waals surface area contributed by atoms with Crippen LogP contribution in [0.5, 0.6) is 0 Å². The Morgan fingerprint density at radius 3 is 2.69 bits per heavy atom. The lowest BCUT2D eigenvalue weighted by atomic mass is 9.95. The van der Waals surface area contributed by atoms with Crippen molar-refractivity contribution in [3.63, 3.8) is 0 Å². The molecule has 2 heterocycles. The van der Waals surface area contributed by atoms with Crippen LogP contribution >= 0.6 is 34.7 Å². The van der Waals surface area contributed by atoms with E-state index in [1.165, 1.54) is 23.1 Å². The number of rotatable bonds is 11. The molecule has 2 amide bonds. The highest BCUT2D eigenvalue weighted by atomic mass is 35.5. The van der Waals surface area contributed by atoms with Crippen molar-refractivity contribution in [1.29, 1.82) is 0 Å². The minimum Gasteiger partial charge on any atom is -0.462 e. The minimum absolute atomic E-state index is 0.0611. The molecule has 0 saturated heterocycles. The number of carbonyl (C=O) groups excluding carboxylic acids is 3. The van der Waals surface area contributed by atoms with Crippen LogP contribution in [0.25, 0.3) is 0 Å². The summed E-state index contributed by atoms with van der Waals surface area (Å²) in [6, 6.07) is 6.16. The standard InChI is InChI=1S/C27H30ClN5O4S2/c1-4-14-33-23(16(3)29-24(35)17-10-12-18(28)13-11-17)31-32-27(33)38-15-21(34)30-25-22(26(36)37-5-2)19-8-6-7-9-20(19)39-25/h4,10-13,16H,1,5-9,14-15H2,2-3H3,(H,29,35)(H,30,34)/t16-/m1/s1. The number of benzene rings is 1. The molecule has 4 rings (SSSR count). The van der Waals surface area contributed by atoms with E-state index >= 15 is 0 Å². The zero-order valence-corrected chi connectivity index (χ0v) is 24.2. The molecule has 2 N–H and O–H groups in total. The van der Waals surface area contributed by atoms with E-state index in [0.29, 0.717) is 38.7 Å². The fraction of sp³-hybridized carbons (Fsp3) is 0.370. The minimum atomic E-state index is -0.451. The summed E-state index contributed by atoms with van der Waals surface area (Å²) in [4.78, 5) is 39.4. The average molecular weight is 588 g/mol. The van der Waals surface area contributed by atoms with Gasteiger partial charge in [-0.1, -0.05) is 29.4 Å². The van der Waals surface area contributed by atoms with Crippen molar-refractivity contribution in [3.8, 4) is 0 Å². The summed E-state index contributed by atoms with van der Waals surface area (Å²) in [5, 5.41) is 16.0. The van der Waals surface area contributed by atoms with Gasteiger partial charge < -0.3 is 19.9 Å². The summed E-state index contributed by atoms with van der Waals surface area (Å²) in [7, 11) is 0. The van der Waals surface area contributed by atoms with Gasteiger partial charge in [0.15, 0.2) is 11.0 Å². The number of hydrogen-bond donors (Lipinski definition) is 2. The number of hydrogen-bond acceptors (Lipinski definition) is 8. The normalized spacial score (nSPS) is 13.3. The molecule has 1 aromatic carbocycles. The third kappa shape index (κ3) is 6.90. The molecule has 0 spiro atoms. The van der Waals surface area contributed by atoms with E-state index in [4.69, 9.17) is 16.3 Å². The van der Waals surface area contributed by atoms with Crippen molar-refractivity contribution in [2.75, 3.05) is 17.7 Å². The second kappa shape index (κ2) is 13.3. The molecule has 0 unspecified atom stereocenters. The molecule has 0 bridgehead atoms. The van der Waals surface area contributed by atoms with Crippen LogP contribution in [0.2, 0.25) is 5.02 Å². The summed E-state index contributed by atoms with van der Waals surface area (Å²) in [6.45, 7) is 8.06. The third-order valence-electron chi connectivity index (χ3n) is 6.13. The molecule has 206 valence electrons. The lowest BCUT2D eigenvalue weighted by molar-refractivity contribution is -0.113. The van der Waals surface area contributed by atoms with Crippen molar-refractivity contribution < 1.29 is 19.1 Å². The van der Waals surface area contributed by atoms with E-state index in [1.54, 1.807) is 37.3 Å². The van der Waals surface area contributed by atoms with E-state index in [9.17, 15) is 14.4 Å². The highest BCUT2D eigenvalue weighted by Gasteiger charge is 2.27. The Morgan fingerprint density at radius 2 is 1.97 bits per heavy atom. The van der Waals surface area contributed by atoms with Gasteiger partial charge in [-0.2, -0.15) is 0 Å². The van der Waals surface area contributed by atoms with E-state index in [0.717, 1.165) is 36.1 Å². The molecule has 2 aromatic heterocycles. The highest BCUT2D eigenvalue weighted by Crippen LogP contribution is 2.38. The van der Waals surface area contributed by atoms with Crippen LogP contribution in [0.4, 0.5) is 5.00 Å². The van der Waals surface area contributed by atoms with Crippen molar-refractivity contribution in [2.24, 2.45) is 0 Å². The number of thioether (sulfide) groups is 1. The molecule has 3 aromatic rings. The van der Waals surface area contributed by atoms with E-state index in [1.807, 2.05) is 11.5 Å². The van der Waals surface area contributed by atoms with Gasteiger partial charge in [0, 0.05) is 22.0 Å². The first-order valence-corrected chi connectivity index (χ1v) is 14.8. The van der Waals surface area contributed by atoms with Crippen molar-refractivity contribution in [3.05, 3.63) is 69.3 Å². The van der Waals surface area contributed by atoms with Crippen LogP contribution in [0.3, 0.4) is 0 Å². The Hall–Kier alpha value is -3.15. The summed E-state index contributed by atoms with van der Waals surface area (Å²) in [5.41, 5.74) is 1.96. The Kier molecular flexibility index (Phi) is 9.82. The number of esters is 1. The van der Waals surface area contributed by atoms with Crippen LogP contribution in [0.1, 0.15) is 69.7 Å². The number of anilines is 1. The maximum Gasteiger partial charge on any atom is 0.341 e. The van der Waals surface area contributed by atoms with E-state index in [2.05, 4.69) is 27.4 Å². The summed E-state index contributed by atoms with van der Waals surface area (Å²) in [5.74, 6) is -0.327. The van der Waals surface area contributed by atoms with Gasteiger partial charge >= 0.3 is 5.97 Å². The van der Waals surface area contributed by atoms with E-state index in [-0.39, 0.29) is 24.2 Å². The fourth-order valence-electron chi connectivity index (χ4n) is 4.34. The van der Waals surface area contributed by atoms with Crippen LogP contribution in [0.15, 0.2) is 42.1 Å². The number of aryl methyl sites for hydroxylation is 1. The Balaban J connectivity index is 1.44. The molecule has 0 aliphatic heterocycles. The van der Waals surface area contributed by atoms with Crippen LogP contribution in [0, 0.1) is 0 Å². The first kappa shape index (κ1) is 28.8. The quantitative estimate of drug-likeness (QED) is 0.174. The molecule has 1 aliphatic rings. The zero-order chi connectivity index (χ0) is 27.9. The van der Waals surface area contributed by atoms with Crippen LogP contribution in [-0.4, -0.2) is 44.9 Å². The number of aromatic nitrogens is 3. The maximum absolute atomic E-state index is 12.9. The molecule has 0 fully saturated rings. The molecule has 12 heteroatoms. The predicted molar refractivity (Wildman–Crippen MR) is 154 cm³/mol. The number of thiophene rings is 1. The Labute approximate surface area is 240 Å². The number of ether oxygens (including phenoxy) is 1. The number of fused-ring (bicyclic) bond motifs is 1. The van der Waals surface area contributed by atoms with Crippen LogP contribution in [-0.2, 0) is 28.9 Å². The molecular weight excluding hydrogens is 558 g/mol. The number of allylic oxidation sites excluding steroid dienone is 1. The largest absolute Gasteiger partial charge is 0.462 e. The number of halogens is 1. The van der Waals surface area contributed by atoms with Gasteiger partial charge in [-0.05, 0) is 69.4 Å². The first-order valence-electron chi connectivity index (χ1n) is 12.7. The van der Waals surface area contributed by atoms with E-state index < -0.39 is 12.0 Å². The SMILES string of the molecule is C=CCn1c(SCC(=O)Nc2sc3c(c2C(=O)OCC)CCCC3)nnc1[C@@H](C)NC(=O)c1ccc(Cl)cc1. The smallest absolute Gasteiger partial charge is 0.341 e. The number of amides is 2. The summed E-state index contributed by atoms with van der Waals surface area (Å²) >= 11 is 8.59. The lowest BCUT2D eigenvalue weighted by Crippen LogP contribution is -2.28. The van der Waals surface area contributed by atoms with Gasteiger partial charge in [-0.15, -0.1) is 28.1 Å². The van der Waals surface area contributed by atoms with Crippen LogP contribution < -0.4 is 10.6 Å². The molecule has 0 radical (unpaired) electrons. The number of nitrogens with zero attached hydrogens (tertiary/aromatic N) is 3. The number of carbonyl (C=O) groups is 3. The lowest BCUT2D eigenvalue weighted by Gasteiger charge is -2.15. The van der Waals surface area contributed by atoms with Gasteiger partial charge in [0.2, 0.25) is 5.91 Å². The third-order valence-corrected chi connectivity index (χ3v) is 8.56. The molecule has 1 aliphatic carbocycles. The van der Waals surface area contributed by atoms with Gasteiger partial charge in [-0.3, -0.25) is 9.59 Å². The molecular formula is C27H30ClN5O4S2. The summed E-state index contributed by atoms with van der Waals surface area (Å²) in [6.07, 6.45) is 5.49. The summed E-state index contributed by atoms with van der Waals surface area (Å²) < 4.78 is 7.09. The molecule has 9 nitrogen and oxygen atoms in total. The van der Waals surface area contributed by atoms with Crippen molar-refractivity contribution in [1.82, 2.24) is 20.1 Å². The fourth-order valence-corrected chi connectivity index (χ4v) is 6.51. The average Bonchev–Trinajstić information content (AvgIpc) is 3.49. The van der Waals surface area contributed by atoms with Crippen molar-refractivity contribution >= 4 is 57.5 Å². The van der Waals surface area contributed by atoms with Gasteiger partial charge in [-0.25, -0.2) is 4.79 Å². The monoisotopic (exact) mass is 587 g/mol. The predicted octanol–water partition coefficient (Wildman–Crippen LogP) is 5.46. The second-order valence-corrected chi connectivity index (χ2v) is 11.4. The Bertz CT molecular complexity index is 1370. The first-order chi connectivity index (χ1) is 18.8. The number of nitrogens with one attached hydrogen (secondary N) is 2. The second-order valence-electron chi connectivity index (χ2n) is 8.91. The van der Waals surface area contributed by atoms with Gasteiger partial charge in [0.05, 0.1) is 24.0 Å². The molecule has 39 heavy (non-hydrogen) atoms. The van der Waals surface area contributed by atoms with Gasteiger partial charge in [0.25, 0.3) is 5.91 Å². The topological polar surface area (TPSA) is 115 Å². The zero-order valence-electron chi connectivity index (χ0n) is 21.8. The van der Waals surface area contributed by atoms with Crippen molar-refractivity contribution in [2.45, 2.75) is 57.3 Å². The molecule has 0 saturated carbocycles. The Morgan fingerprint density at radius 1 is 1.23 bits per heavy atom. The maximum atomic E-state index is 12.9. The highest BCUT2D eigenvalue weighted by molar-refractivity contribution is 7.99. The molecule has 1 atom stereocenters.